The Morgan fingerprint density at radius 3 is 2.88 bits per heavy atom. The third-order valence-corrected chi connectivity index (χ3v) is 2.57. The van der Waals surface area contributed by atoms with E-state index in [0.29, 0.717) is 17.4 Å². The van der Waals surface area contributed by atoms with Gasteiger partial charge in [0.15, 0.2) is 5.78 Å². The van der Waals surface area contributed by atoms with Gasteiger partial charge in [-0.15, -0.1) is 0 Å². The number of aromatic nitrogens is 1. The van der Waals surface area contributed by atoms with Crippen molar-refractivity contribution in [1.29, 1.82) is 0 Å². The molecule has 0 unspecified atom stereocenters. The van der Waals surface area contributed by atoms with Crippen molar-refractivity contribution in [2.24, 2.45) is 0 Å². The molecule has 3 heteroatoms. The highest BCUT2D eigenvalue weighted by Gasteiger charge is 2.11. The second-order valence-electron chi connectivity index (χ2n) is 3.73. The van der Waals surface area contributed by atoms with Gasteiger partial charge < -0.3 is 5.11 Å². The van der Waals surface area contributed by atoms with Crippen molar-refractivity contribution in [2.75, 3.05) is 0 Å². The predicted molar refractivity (Wildman–Crippen MR) is 62.6 cm³/mol. The Balaban J connectivity index is 2.63. The number of carbonyl (C=O) groups is 1. The van der Waals surface area contributed by atoms with Crippen molar-refractivity contribution in [3.8, 4) is 5.75 Å². The zero-order valence-corrected chi connectivity index (χ0v) is 9.10. The van der Waals surface area contributed by atoms with Crippen LogP contribution < -0.4 is 0 Å². The van der Waals surface area contributed by atoms with Gasteiger partial charge in [0.2, 0.25) is 0 Å². The van der Waals surface area contributed by atoms with Crippen LogP contribution in [0.15, 0.2) is 30.6 Å². The van der Waals surface area contributed by atoms with Crippen LogP contribution in [0.5, 0.6) is 5.75 Å². The summed E-state index contributed by atoms with van der Waals surface area (Å²) in [7, 11) is 0. The predicted octanol–water partition coefficient (Wildman–Crippen LogP) is 2.92. The smallest absolute Gasteiger partial charge is 0.163 e. The lowest BCUT2D eigenvalue weighted by Gasteiger charge is -2.06. The average molecular weight is 215 g/mol. The number of ketones is 1. The number of hydrogen-bond donors (Lipinski definition) is 1. The minimum Gasteiger partial charge on any atom is -0.507 e. The summed E-state index contributed by atoms with van der Waals surface area (Å²) in [6.07, 6.45) is 4.57. The van der Waals surface area contributed by atoms with E-state index in [1.54, 1.807) is 30.6 Å². The van der Waals surface area contributed by atoms with Crippen LogP contribution >= 0.6 is 0 Å². The van der Waals surface area contributed by atoms with Crippen LogP contribution in [-0.4, -0.2) is 15.9 Å². The number of Topliss-reactive ketones (excluding diaryl/α,β-unsaturated/α-hetero) is 1. The van der Waals surface area contributed by atoms with Crippen molar-refractivity contribution in [3.05, 3.63) is 36.2 Å². The Hall–Kier alpha value is -1.90. The number of benzene rings is 1. The summed E-state index contributed by atoms with van der Waals surface area (Å²) >= 11 is 0. The molecule has 0 aliphatic heterocycles. The molecule has 0 fully saturated rings. The molecular formula is C13H13NO2. The van der Waals surface area contributed by atoms with Gasteiger partial charge in [-0.25, -0.2) is 0 Å². The number of pyridine rings is 1. The fourth-order valence-electron chi connectivity index (χ4n) is 1.78. The van der Waals surface area contributed by atoms with Crippen LogP contribution in [0.1, 0.15) is 30.1 Å². The molecule has 0 bridgehead atoms. The van der Waals surface area contributed by atoms with Gasteiger partial charge in [0.25, 0.3) is 0 Å². The van der Waals surface area contributed by atoms with Gasteiger partial charge in [0, 0.05) is 35.2 Å². The van der Waals surface area contributed by atoms with Gasteiger partial charge in [-0.2, -0.15) is 0 Å². The van der Waals surface area contributed by atoms with E-state index in [4.69, 9.17) is 0 Å². The number of hydrogen-bond acceptors (Lipinski definition) is 3. The van der Waals surface area contributed by atoms with Crippen molar-refractivity contribution < 1.29 is 9.90 Å². The van der Waals surface area contributed by atoms with Gasteiger partial charge >= 0.3 is 0 Å². The van der Waals surface area contributed by atoms with Gasteiger partial charge in [0.1, 0.15) is 5.75 Å². The maximum absolute atomic E-state index is 11.9. The standard InChI is InChI=1S/C13H13NO2/c1-2-3-12(15)9-4-5-13(16)10-6-7-14-8-11(9)10/h4-8,16H,2-3H2,1H3. The lowest BCUT2D eigenvalue weighted by Crippen LogP contribution is -1.99. The van der Waals surface area contributed by atoms with Crippen LogP contribution in [0.3, 0.4) is 0 Å². The Morgan fingerprint density at radius 1 is 1.31 bits per heavy atom. The molecule has 1 heterocycles. The van der Waals surface area contributed by atoms with E-state index in [2.05, 4.69) is 4.98 Å². The molecule has 1 aromatic carbocycles. The highest BCUT2D eigenvalue weighted by atomic mass is 16.3. The molecule has 3 nitrogen and oxygen atoms in total. The molecule has 0 aliphatic carbocycles. The summed E-state index contributed by atoms with van der Waals surface area (Å²) in [5.41, 5.74) is 0.641. The summed E-state index contributed by atoms with van der Waals surface area (Å²) in [6.45, 7) is 1.97. The Labute approximate surface area is 93.7 Å². The minimum atomic E-state index is 0.0977. The number of carbonyl (C=O) groups excluding carboxylic acids is 1. The molecule has 0 radical (unpaired) electrons. The molecule has 0 aliphatic rings. The zero-order valence-electron chi connectivity index (χ0n) is 9.10. The first-order valence-electron chi connectivity index (χ1n) is 5.33. The van der Waals surface area contributed by atoms with Crippen molar-refractivity contribution in [3.63, 3.8) is 0 Å². The van der Waals surface area contributed by atoms with E-state index in [1.807, 2.05) is 6.92 Å². The molecule has 2 aromatic rings. The summed E-state index contributed by atoms with van der Waals surface area (Å²) < 4.78 is 0. The van der Waals surface area contributed by atoms with Crippen LogP contribution in [0, 0.1) is 0 Å². The number of nitrogens with zero attached hydrogens (tertiary/aromatic N) is 1. The molecule has 82 valence electrons. The van der Waals surface area contributed by atoms with Gasteiger partial charge in [0.05, 0.1) is 0 Å². The maximum Gasteiger partial charge on any atom is 0.163 e. The first-order valence-corrected chi connectivity index (χ1v) is 5.33. The van der Waals surface area contributed by atoms with Crippen LogP contribution in [0.4, 0.5) is 0 Å². The summed E-state index contributed by atoms with van der Waals surface area (Å²) in [4.78, 5) is 15.9. The van der Waals surface area contributed by atoms with E-state index in [0.717, 1.165) is 11.8 Å². The second kappa shape index (κ2) is 4.31. The largest absolute Gasteiger partial charge is 0.507 e. The topological polar surface area (TPSA) is 50.2 Å². The fraction of sp³-hybridized carbons (Fsp3) is 0.231. The molecule has 16 heavy (non-hydrogen) atoms. The van der Waals surface area contributed by atoms with Crippen molar-refractivity contribution in [2.45, 2.75) is 19.8 Å². The van der Waals surface area contributed by atoms with Gasteiger partial charge in [-0.3, -0.25) is 9.78 Å². The fourth-order valence-corrected chi connectivity index (χ4v) is 1.78. The van der Waals surface area contributed by atoms with Crippen LogP contribution in [0.2, 0.25) is 0 Å². The molecule has 0 atom stereocenters. The van der Waals surface area contributed by atoms with Crippen molar-refractivity contribution in [1.82, 2.24) is 4.98 Å². The quantitative estimate of drug-likeness (QED) is 0.801. The van der Waals surface area contributed by atoms with Gasteiger partial charge in [-0.05, 0) is 24.6 Å². The summed E-state index contributed by atoms with van der Waals surface area (Å²) in [5.74, 6) is 0.283. The molecule has 0 saturated carbocycles. The lowest BCUT2D eigenvalue weighted by atomic mass is 10.0. The molecule has 0 spiro atoms. The molecule has 2 rings (SSSR count). The first-order chi connectivity index (χ1) is 7.74. The molecule has 0 amide bonds. The Morgan fingerprint density at radius 2 is 2.12 bits per heavy atom. The number of fused-ring (bicyclic) bond motifs is 1. The SMILES string of the molecule is CCCC(=O)c1ccc(O)c2ccncc12. The highest BCUT2D eigenvalue weighted by molar-refractivity contribution is 6.09. The average Bonchev–Trinajstić information content (AvgIpc) is 2.30. The third-order valence-electron chi connectivity index (χ3n) is 2.57. The van der Waals surface area contributed by atoms with E-state index in [9.17, 15) is 9.90 Å². The van der Waals surface area contributed by atoms with Crippen molar-refractivity contribution >= 4 is 16.6 Å². The molecular weight excluding hydrogens is 202 g/mol. The zero-order chi connectivity index (χ0) is 11.5. The summed E-state index contributed by atoms with van der Waals surface area (Å²) in [6, 6.07) is 4.94. The normalized spacial score (nSPS) is 10.6. The minimum absolute atomic E-state index is 0.0977. The highest BCUT2D eigenvalue weighted by Crippen LogP contribution is 2.27. The number of aromatic hydroxyl groups is 1. The number of phenols is 1. The monoisotopic (exact) mass is 215 g/mol. The Kier molecular flexibility index (Phi) is 2.86. The molecule has 1 N–H and O–H groups in total. The van der Waals surface area contributed by atoms with Crippen LogP contribution in [0.25, 0.3) is 10.8 Å². The second-order valence-corrected chi connectivity index (χ2v) is 3.73. The van der Waals surface area contributed by atoms with E-state index < -0.39 is 0 Å². The van der Waals surface area contributed by atoms with E-state index in [-0.39, 0.29) is 11.5 Å². The van der Waals surface area contributed by atoms with Crippen LogP contribution in [-0.2, 0) is 0 Å². The Bertz CT molecular complexity index is 534. The first kappa shape index (κ1) is 10.6. The molecule has 0 saturated heterocycles. The number of rotatable bonds is 3. The lowest BCUT2D eigenvalue weighted by molar-refractivity contribution is 0.0983. The third kappa shape index (κ3) is 1.76. The maximum atomic E-state index is 11.9. The van der Waals surface area contributed by atoms with E-state index in [1.165, 1.54) is 0 Å². The molecule has 1 aromatic heterocycles. The van der Waals surface area contributed by atoms with E-state index >= 15 is 0 Å². The van der Waals surface area contributed by atoms with Gasteiger partial charge in [-0.1, -0.05) is 6.92 Å². The number of phenolic OH excluding ortho intramolecular Hbond substituents is 1. The summed E-state index contributed by atoms with van der Waals surface area (Å²) in [5, 5.41) is 11.1.